The van der Waals surface area contributed by atoms with Gasteiger partial charge in [-0.05, 0) is 50.1 Å². The number of ether oxygens (including phenoxy) is 1. The minimum absolute atomic E-state index is 0.167. The van der Waals surface area contributed by atoms with Gasteiger partial charge in [-0.15, -0.1) is 0 Å². The molecule has 0 saturated carbocycles. The number of hydrogen-bond donors (Lipinski definition) is 1. The third-order valence-corrected chi connectivity index (χ3v) is 6.94. The number of piperazine rings is 1. The average Bonchev–Trinajstić information content (AvgIpc) is 2.96. The summed E-state index contributed by atoms with van der Waals surface area (Å²) >= 11 is 6.58. The first kappa shape index (κ1) is 29.8. The second-order valence-corrected chi connectivity index (χ2v) is 11.2. The number of aromatic nitrogens is 1. The molecule has 0 spiro atoms. The Hall–Kier alpha value is -4.13. The zero-order valence-electron chi connectivity index (χ0n) is 23.5. The van der Waals surface area contributed by atoms with Crippen molar-refractivity contribution in [1.29, 1.82) is 5.26 Å². The summed E-state index contributed by atoms with van der Waals surface area (Å²) < 4.78 is 5.47. The van der Waals surface area contributed by atoms with Gasteiger partial charge < -0.3 is 24.5 Å². The van der Waals surface area contributed by atoms with E-state index in [1.807, 2.05) is 56.0 Å². The first-order valence-corrected chi connectivity index (χ1v) is 13.8. The van der Waals surface area contributed by atoms with Crippen molar-refractivity contribution in [1.82, 2.24) is 14.8 Å². The lowest BCUT2D eigenvalue weighted by Crippen LogP contribution is -2.50. The third-order valence-electron chi connectivity index (χ3n) is 6.62. The van der Waals surface area contributed by atoms with Crippen LogP contribution >= 0.6 is 11.6 Å². The summed E-state index contributed by atoms with van der Waals surface area (Å²) in [7, 11) is 0. The lowest BCUT2D eigenvalue weighted by molar-refractivity contribution is 0.0240. The Balaban J connectivity index is 1.48. The van der Waals surface area contributed by atoms with Crippen molar-refractivity contribution in [3.63, 3.8) is 0 Å². The third kappa shape index (κ3) is 7.54. The summed E-state index contributed by atoms with van der Waals surface area (Å²) in [4.78, 5) is 35.5. The van der Waals surface area contributed by atoms with E-state index in [-0.39, 0.29) is 30.2 Å². The van der Waals surface area contributed by atoms with Crippen molar-refractivity contribution < 1.29 is 19.4 Å². The van der Waals surface area contributed by atoms with E-state index in [9.17, 15) is 20.0 Å². The smallest absolute Gasteiger partial charge is 0.410 e. The van der Waals surface area contributed by atoms with Gasteiger partial charge in [-0.1, -0.05) is 48.0 Å². The summed E-state index contributed by atoms with van der Waals surface area (Å²) in [5, 5.41) is 19.7. The summed E-state index contributed by atoms with van der Waals surface area (Å²) in [6.07, 6.45) is 1.33. The first-order valence-electron chi connectivity index (χ1n) is 13.5. The van der Waals surface area contributed by atoms with Gasteiger partial charge in [-0.3, -0.25) is 4.79 Å². The Morgan fingerprint density at radius 3 is 2.39 bits per heavy atom. The molecule has 3 aromatic rings. The summed E-state index contributed by atoms with van der Waals surface area (Å²) in [5.74, 6) is 0.273. The molecule has 41 heavy (non-hydrogen) atoms. The van der Waals surface area contributed by atoms with E-state index in [4.69, 9.17) is 16.3 Å². The molecule has 1 aliphatic rings. The molecule has 1 fully saturated rings. The second kappa shape index (κ2) is 13.0. The average molecular weight is 576 g/mol. The Morgan fingerprint density at radius 1 is 1.07 bits per heavy atom. The molecular formula is C31H34ClN5O4. The lowest BCUT2D eigenvalue weighted by atomic mass is 10.0. The molecule has 4 rings (SSSR count). The highest BCUT2D eigenvalue weighted by molar-refractivity contribution is 6.34. The van der Waals surface area contributed by atoms with E-state index >= 15 is 0 Å². The minimum atomic E-state index is -0.561. The minimum Gasteiger partial charge on any atom is -0.444 e. The number of anilines is 1. The monoisotopic (exact) mass is 575 g/mol. The van der Waals surface area contributed by atoms with Gasteiger partial charge in [-0.2, -0.15) is 5.26 Å². The van der Waals surface area contributed by atoms with Crippen molar-refractivity contribution in [3.8, 4) is 17.2 Å². The Kier molecular flexibility index (Phi) is 9.48. The highest BCUT2D eigenvalue weighted by atomic mass is 35.5. The number of carbonyl (C=O) groups is 2. The second-order valence-electron chi connectivity index (χ2n) is 10.8. The van der Waals surface area contributed by atoms with Gasteiger partial charge in [0, 0.05) is 51.0 Å². The van der Waals surface area contributed by atoms with E-state index in [1.54, 1.807) is 40.3 Å². The molecule has 1 N–H and O–H groups in total. The number of carbonyl (C=O) groups excluding carboxylic acids is 2. The molecule has 1 aliphatic heterocycles. The van der Waals surface area contributed by atoms with Gasteiger partial charge in [0.25, 0.3) is 5.91 Å². The highest BCUT2D eigenvalue weighted by Gasteiger charge is 2.27. The maximum absolute atomic E-state index is 13.3. The van der Waals surface area contributed by atoms with Crippen LogP contribution in [0.15, 0.2) is 60.8 Å². The van der Waals surface area contributed by atoms with Crippen molar-refractivity contribution in [2.75, 3.05) is 44.2 Å². The molecule has 1 aromatic heterocycles. The van der Waals surface area contributed by atoms with E-state index < -0.39 is 5.60 Å². The molecule has 9 nitrogen and oxygen atoms in total. The number of halogens is 1. The van der Waals surface area contributed by atoms with E-state index in [0.29, 0.717) is 60.8 Å². The van der Waals surface area contributed by atoms with Crippen LogP contribution in [0.2, 0.25) is 5.02 Å². The standard InChI is InChI=1S/C31H34ClN5O4/c1-31(2,3)41-30(40)36-13-11-35(12-14-36)28-24(19-33)17-25(20-34-28)23-9-10-26(27(32)18-23)29(39)37(15-16-38)21-22-7-5-4-6-8-22/h4-10,17-18,20,38H,11-16,21H2,1-3H3. The van der Waals surface area contributed by atoms with Crippen LogP contribution in [0.3, 0.4) is 0 Å². The van der Waals surface area contributed by atoms with Crippen molar-refractivity contribution in [2.45, 2.75) is 32.9 Å². The van der Waals surface area contributed by atoms with Crippen LogP contribution in [0.25, 0.3) is 11.1 Å². The van der Waals surface area contributed by atoms with Crippen LogP contribution < -0.4 is 4.90 Å². The number of amides is 2. The summed E-state index contributed by atoms with van der Waals surface area (Å²) in [6, 6.07) is 18.7. The van der Waals surface area contributed by atoms with Gasteiger partial charge in [0.15, 0.2) is 0 Å². The topological polar surface area (TPSA) is 110 Å². The first-order chi connectivity index (χ1) is 19.6. The maximum Gasteiger partial charge on any atom is 0.410 e. The molecule has 1 saturated heterocycles. The number of pyridine rings is 1. The molecular weight excluding hydrogens is 542 g/mol. The maximum atomic E-state index is 13.3. The number of rotatable bonds is 7. The van der Waals surface area contributed by atoms with Crippen LogP contribution in [0.1, 0.15) is 42.3 Å². The molecule has 2 heterocycles. The molecule has 0 radical (unpaired) electrons. The van der Waals surface area contributed by atoms with Gasteiger partial charge >= 0.3 is 6.09 Å². The Labute approximate surface area is 245 Å². The molecule has 0 aliphatic carbocycles. The molecule has 214 valence electrons. The van der Waals surface area contributed by atoms with Gasteiger partial charge in [0.1, 0.15) is 17.5 Å². The summed E-state index contributed by atoms with van der Waals surface area (Å²) in [5.41, 5.74) is 2.52. The quantitative estimate of drug-likeness (QED) is 0.424. The van der Waals surface area contributed by atoms with Gasteiger partial charge in [-0.25, -0.2) is 9.78 Å². The number of aliphatic hydroxyl groups is 1. The van der Waals surface area contributed by atoms with Crippen LogP contribution in [-0.2, 0) is 11.3 Å². The zero-order chi connectivity index (χ0) is 29.6. The fraction of sp³-hybridized carbons (Fsp3) is 0.355. The zero-order valence-corrected chi connectivity index (χ0v) is 24.3. The van der Waals surface area contributed by atoms with E-state index in [0.717, 1.165) is 5.56 Å². The lowest BCUT2D eigenvalue weighted by Gasteiger charge is -2.36. The number of hydrogen-bond acceptors (Lipinski definition) is 7. The number of benzene rings is 2. The number of nitrogens with zero attached hydrogens (tertiary/aromatic N) is 5. The molecule has 0 unspecified atom stereocenters. The Bertz CT molecular complexity index is 1430. The molecule has 10 heteroatoms. The molecule has 0 bridgehead atoms. The highest BCUT2D eigenvalue weighted by Crippen LogP contribution is 2.30. The van der Waals surface area contributed by atoms with Crippen LogP contribution in [0.5, 0.6) is 0 Å². The van der Waals surface area contributed by atoms with E-state index in [1.165, 1.54) is 0 Å². The SMILES string of the molecule is CC(C)(C)OC(=O)N1CCN(c2ncc(-c3ccc(C(=O)N(CCO)Cc4ccccc4)c(Cl)c3)cc2C#N)CC1. The molecule has 2 aromatic carbocycles. The van der Waals surface area contributed by atoms with Crippen LogP contribution in [-0.4, -0.2) is 76.8 Å². The normalized spacial score (nSPS) is 13.5. The predicted octanol–water partition coefficient (Wildman–Crippen LogP) is 4.97. The largest absolute Gasteiger partial charge is 0.444 e. The fourth-order valence-electron chi connectivity index (χ4n) is 4.59. The Morgan fingerprint density at radius 2 is 1.78 bits per heavy atom. The molecule has 2 amide bonds. The van der Waals surface area contributed by atoms with Crippen molar-refractivity contribution in [2.24, 2.45) is 0 Å². The van der Waals surface area contributed by atoms with Gasteiger partial charge in [0.2, 0.25) is 0 Å². The van der Waals surface area contributed by atoms with Crippen molar-refractivity contribution in [3.05, 3.63) is 82.5 Å². The summed E-state index contributed by atoms with van der Waals surface area (Å²) in [6.45, 7) is 7.84. The predicted molar refractivity (Wildman–Crippen MR) is 158 cm³/mol. The van der Waals surface area contributed by atoms with Gasteiger partial charge in [0.05, 0.1) is 22.8 Å². The molecule has 0 atom stereocenters. The van der Waals surface area contributed by atoms with Crippen molar-refractivity contribution >= 4 is 29.4 Å². The van der Waals surface area contributed by atoms with E-state index in [2.05, 4.69) is 11.1 Å². The number of nitriles is 1. The van der Waals surface area contributed by atoms with Crippen LogP contribution in [0, 0.1) is 11.3 Å². The fourth-order valence-corrected chi connectivity index (χ4v) is 4.85. The van der Waals surface area contributed by atoms with Crippen LogP contribution in [0.4, 0.5) is 10.6 Å². The number of aliphatic hydroxyl groups excluding tert-OH is 1.